The summed E-state index contributed by atoms with van der Waals surface area (Å²) in [4.78, 5) is 41.2. The Kier molecular flexibility index (Phi) is 20.5. The highest BCUT2D eigenvalue weighted by molar-refractivity contribution is 7.46. The lowest BCUT2D eigenvalue weighted by Crippen LogP contribution is -2.29. The summed E-state index contributed by atoms with van der Waals surface area (Å²) in [5.41, 5.74) is 0. The average molecular weight is 493 g/mol. The van der Waals surface area contributed by atoms with E-state index < -0.39 is 32.5 Å². The summed E-state index contributed by atoms with van der Waals surface area (Å²) in [7, 11) is -4.71. The molecule has 9 heteroatoms. The molecule has 0 heterocycles. The van der Waals surface area contributed by atoms with Crippen molar-refractivity contribution in [3.8, 4) is 0 Å². The summed E-state index contributed by atoms with van der Waals surface area (Å²) in [6, 6.07) is 0. The predicted octanol–water partition coefficient (Wildman–Crippen LogP) is 6.00. The summed E-state index contributed by atoms with van der Waals surface area (Å²) < 4.78 is 25.5. The molecule has 0 rings (SSSR count). The molecule has 1 unspecified atom stereocenters. The smallest absolute Gasteiger partial charge is 0.462 e. The van der Waals surface area contributed by atoms with Crippen LogP contribution in [0.3, 0.4) is 0 Å². The Morgan fingerprint density at radius 1 is 0.758 bits per heavy atom. The number of rotatable bonds is 22. The van der Waals surface area contributed by atoms with Gasteiger partial charge in [-0.1, -0.05) is 70.9 Å². The Hall–Kier alpha value is -1.21. The monoisotopic (exact) mass is 492 g/mol. The van der Waals surface area contributed by atoms with Crippen LogP contribution in [0.1, 0.15) is 110 Å². The lowest BCUT2D eigenvalue weighted by Gasteiger charge is -2.18. The van der Waals surface area contributed by atoms with E-state index in [0.717, 1.165) is 32.1 Å². The first-order valence-corrected chi connectivity index (χ1v) is 14.0. The van der Waals surface area contributed by atoms with E-state index in [9.17, 15) is 14.2 Å². The molecule has 2 N–H and O–H groups in total. The molecular formula is C24H45O8P. The zero-order valence-corrected chi connectivity index (χ0v) is 21.4. The van der Waals surface area contributed by atoms with Gasteiger partial charge in [0.2, 0.25) is 0 Å². The van der Waals surface area contributed by atoms with Crippen LogP contribution in [-0.4, -0.2) is 41.0 Å². The quantitative estimate of drug-likeness (QED) is 0.0817. The third-order valence-corrected chi connectivity index (χ3v) is 5.49. The van der Waals surface area contributed by atoms with Gasteiger partial charge in [-0.3, -0.25) is 14.1 Å². The Balaban J connectivity index is 3.91. The van der Waals surface area contributed by atoms with Crippen LogP contribution in [0.2, 0.25) is 0 Å². The second kappa shape index (κ2) is 21.3. The van der Waals surface area contributed by atoms with Crippen molar-refractivity contribution in [1.29, 1.82) is 0 Å². The third kappa shape index (κ3) is 23.7. The summed E-state index contributed by atoms with van der Waals surface area (Å²) in [6.45, 7) is 3.22. The normalized spacial score (nSPS) is 12.7. The maximum Gasteiger partial charge on any atom is 0.469 e. The molecule has 0 aromatic carbocycles. The summed E-state index contributed by atoms with van der Waals surface area (Å²) in [5.74, 6) is -0.959. The number of allylic oxidation sites excluding steroid dienone is 2. The molecule has 0 aromatic rings. The van der Waals surface area contributed by atoms with E-state index in [1.54, 1.807) is 0 Å². The molecule has 0 bridgehead atoms. The van der Waals surface area contributed by atoms with Crippen molar-refractivity contribution < 1.29 is 37.9 Å². The van der Waals surface area contributed by atoms with E-state index in [4.69, 9.17) is 19.3 Å². The van der Waals surface area contributed by atoms with Crippen LogP contribution in [0.5, 0.6) is 0 Å². The number of phosphoric ester groups is 1. The topological polar surface area (TPSA) is 119 Å². The van der Waals surface area contributed by atoms with Gasteiger partial charge in [0.05, 0.1) is 6.61 Å². The number of hydrogen-bond donors (Lipinski definition) is 2. The molecule has 8 nitrogen and oxygen atoms in total. The second-order valence-electron chi connectivity index (χ2n) is 8.31. The van der Waals surface area contributed by atoms with Gasteiger partial charge < -0.3 is 19.3 Å². The van der Waals surface area contributed by atoms with Crippen LogP contribution in [-0.2, 0) is 28.2 Å². The standard InChI is InChI=1S/C24H45O8P/c1-3-5-6-7-8-9-10-11-12-13-14-15-16-17-19-24(26)32-22(21-31-33(27,28)29)20-30-23(25)18-4-2/h10-11,22H,3-9,12-21H2,1-2H3,(H2,27,28,29)/b11-10-. The van der Waals surface area contributed by atoms with Crippen LogP contribution in [0, 0.1) is 0 Å². The van der Waals surface area contributed by atoms with Crippen molar-refractivity contribution in [2.24, 2.45) is 0 Å². The van der Waals surface area contributed by atoms with Crippen molar-refractivity contribution in [1.82, 2.24) is 0 Å². The van der Waals surface area contributed by atoms with Gasteiger partial charge in [0.25, 0.3) is 0 Å². The zero-order chi connectivity index (χ0) is 24.8. The van der Waals surface area contributed by atoms with Gasteiger partial charge in [-0.15, -0.1) is 0 Å². The molecule has 194 valence electrons. The number of esters is 2. The number of ether oxygens (including phenoxy) is 2. The van der Waals surface area contributed by atoms with E-state index in [2.05, 4.69) is 23.6 Å². The number of hydrogen-bond acceptors (Lipinski definition) is 6. The highest BCUT2D eigenvalue weighted by Gasteiger charge is 2.22. The summed E-state index contributed by atoms with van der Waals surface area (Å²) in [5, 5.41) is 0. The first-order valence-electron chi connectivity index (χ1n) is 12.5. The fraction of sp³-hybridized carbons (Fsp3) is 0.833. The molecule has 33 heavy (non-hydrogen) atoms. The molecule has 0 aliphatic carbocycles. The zero-order valence-electron chi connectivity index (χ0n) is 20.5. The maximum absolute atomic E-state index is 12.0. The highest BCUT2D eigenvalue weighted by Crippen LogP contribution is 2.35. The predicted molar refractivity (Wildman–Crippen MR) is 129 cm³/mol. The molecule has 0 saturated heterocycles. The highest BCUT2D eigenvalue weighted by atomic mass is 31.2. The van der Waals surface area contributed by atoms with Crippen LogP contribution in [0.15, 0.2) is 12.2 Å². The molecule has 0 radical (unpaired) electrons. The largest absolute Gasteiger partial charge is 0.469 e. The van der Waals surface area contributed by atoms with Crippen molar-refractivity contribution in [2.75, 3.05) is 13.2 Å². The van der Waals surface area contributed by atoms with Crippen LogP contribution >= 0.6 is 7.82 Å². The molecule has 0 amide bonds. The average Bonchev–Trinajstić information content (AvgIpc) is 2.75. The lowest BCUT2D eigenvalue weighted by atomic mass is 10.1. The Bertz CT molecular complexity index is 573. The van der Waals surface area contributed by atoms with Gasteiger partial charge in [0, 0.05) is 12.8 Å². The van der Waals surface area contributed by atoms with Crippen molar-refractivity contribution >= 4 is 19.8 Å². The Morgan fingerprint density at radius 3 is 1.91 bits per heavy atom. The van der Waals surface area contributed by atoms with E-state index in [-0.39, 0.29) is 19.4 Å². The maximum atomic E-state index is 12.0. The minimum atomic E-state index is -4.71. The van der Waals surface area contributed by atoms with Crippen molar-refractivity contribution in [3.05, 3.63) is 12.2 Å². The van der Waals surface area contributed by atoms with Crippen LogP contribution in [0.4, 0.5) is 0 Å². The van der Waals surface area contributed by atoms with Gasteiger partial charge in [-0.2, -0.15) is 0 Å². The number of carbonyl (C=O) groups excluding carboxylic acids is 2. The van der Waals surface area contributed by atoms with E-state index in [1.807, 2.05) is 6.92 Å². The molecule has 0 aliphatic heterocycles. The minimum absolute atomic E-state index is 0.202. The molecule has 0 aliphatic rings. The van der Waals surface area contributed by atoms with E-state index in [1.165, 1.54) is 38.5 Å². The molecular weight excluding hydrogens is 447 g/mol. The molecule has 0 spiro atoms. The number of phosphoric acid groups is 1. The van der Waals surface area contributed by atoms with Gasteiger partial charge in [0.1, 0.15) is 6.61 Å². The SMILES string of the molecule is CCCCCCC/C=C\CCCCCCCC(=O)OC(COC(=O)CCC)COP(=O)(O)O. The first kappa shape index (κ1) is 31.8. The number of carbonyl (C=O) groups is 2. The third-order valence-electron chi connectivity index (χ3n) is 5.00. The van der Waals surface area contributed by atoms with Gasteiger partial charge in [-0.05, 0) is 38.5 Å². The molecule has 0 fully saturated rings. The van der Waals surface area contributed by atoms with E-state index >= 15 is 0 Å². The van der Waals surface area contributed by atoms with Crippen LogP contribution in [0.25, 0.3) is 0 Å². The van der Waals surface area contributed by atoms with Gasteiger partial charge in [0.15, 0.2) is 6.10 Å². The molecule has 1 atom stereocenters. The van der Waals surface area contributed by atoms with Gasteiger partial charge in [-0.25, -0.2) is 4.57 Å². The summed E-state index contributed by atoms with van der Waals surface area (Å²) >= 11 is 0. The fourth-order valence-corrected chi connectivity index (χ4v) is 3.53. The summed E-state index contributed by atoms with van der Waals surface area (Å²) in [6.07, 6.45) is 18.2. The first-order chi connectivity index (χ1) is 15.8. The lowest BCUT2D eigenvalue weighted by molar-refractivity contribution is -0.161. The van der Waals surface area contributed by atoms with Crippen molar-refractivity contribution in [2.45, 2.75) is 116 Å². The number of unbranched alkanes of at least 4 members (excludes halogenated alkanes) is 10. The van der Waals surface area contributed by atoms with Crippen molar-refractivity contribution in [3.63, 3.8) is 0 Å². The molecule has 0 aromatic heterocycles. The fourth-order valence-electron chi connectivity index (χ4n) is 3.17. The second-order valence-corrected chi connectivity index (χ2v) is 9.55. The van der Waals surface area contributed by atoms with Gasteiger partial charge >= 0.3 is 19.8 Å². The Labute approximate surface area is 199 Å². The Morgan fingerprint density at radius 2 is 1.33 bits per heavy atom. The van der Waals surface area contributed by atoms with Crippen LogP contribution < -0.4 is 0 Å². The molecule has 0 saturated carbocycles. The minimum Gasteiger partial charge on any atom is -0.462 e. The van der Waals surface area contributed by atoms with E-state index in [0.29, 0.717) is 12.8 Å².